The largest absolute Gasteiger partial charge is 0.310 e. The van der Waals surface area contributed by atoms with Crippen molar-refractivity contribution in [2.75, 3.05) is 4.90 Å². The zero-order valence-corrected chi connectivity index (χ0v) is 35.1. The maximum Gasteiger partial charge on any atom is 0.247 e. The molecule has 11 aromatic rings. The summed E-state index contributed by atoms with van der Waals surface area (Å²) in [4.78, 5) is 2.63. The second-order valence-electron chi connectivity index (χ2n) is 17.1. The summed E-state index contributed by atoms with van der Waals surface area (Å²) in [6, 6.07) is 92.5. The summed E-state index contributed by atoms with van der Waals surface area (Å²) < 4.78 is 2.51. The molecule has 10 aromatic carbocycles. The number of para-hydroxylation sites is 4. The first-order chi connectivity index (χ1) is 31.8. The first-order valence-corrected chi connectivity index (χ1v) is 22.3. The van der Waals surface area contributed by atoms with E-state index in [1.807, 2.05) is 0 Å². The van der Waals surface area contributed by atoms with E-state index in [0.29, 0.717) is 0 Å². The maximum atomic E-state index is 2.63. The molecule has 1 aromatic heterocycles. The predicted molar refractivity (Wildman–Crippen MR) is 269 cm³/mol. The molecule has 0 saturated heterocycles. The first kappa shape index (κ1) is 36.5. The van der Waals surface area contributed by atoms with E-state index in [2.05, 4.69) is 258 Å². The van der Waals surface area contributed by atoms with Gasteiger partial charge in [0.05, 0.1) is 22.1 Å². The van der Waals surface area contributed by atoms with Crippen LogP contribution in [0.5, 0.6) is 0 Å². The molecular weight excluding hydrogens is 771 g/mol. The minimum atomic E-state index is -0.659. The van der Waals surface area contributed by atoms with Crippen molar-refractivity contribution in [3.63, 3.8) is 0 Å². The Labute approximate surface area is 374 Å². The molecule has 13 rings (SSSR count). The number of nitrogens with zero attached hydrogens (tertiary/aromatic N) is 2. The molecule has 0 spiro atoms. The lowest BCUT2D eigenvalue weighted by Gasteiger charge is -2.49. The molecule has 0 fully saturated rings. The van der Waals surface area contributed by atoms with Crippen LogP contribution in [0.15, 0.2) is 249 Å². The standard InChI is InChI=1S/C61H41BN2/c1-5-22-42(23-6-1)47-32-21-33-48(43-24-7-2-8-25-43)60(47)64-57-39-20-17-36-54(57)62-53-35-16-15-34-51(53)61(44-26-9-3-10-27-44,45-28-11-4-12-29-45)52-40-46(41-58(64)59(52)62)63-55-37-18-13-30-49(55)50-31-14-19-38-56(50)63/h1-41H. The fraction of sp³-hybridized carbons (Fsp3) is 0.0164. The average molecular weight is 813 g/mol. The van der Waals surface area contributed by atoms with Crippen LogP contribution in [0.3, 0.4) is 0 Å². The molecule has 3 heteroatoms. The Bertz CT molecular complexity index is 3410. The highest BCUT2D eigenvalue weighted by molar-refractivity contribution is 6.99. The summed E-state index contributed by atoms with van der Waals surface area (Å²) in [6.45, 7) is -0.0227. The van der Waals surface area contributed by atoms with Crippen molar-refractivity contribution in [2.24, 2.45) is 0 Å². The number of aromatic nitrogens is 1. The van der Waals surface area contributed by atoms with E-state index in [9.17, 15) is 0 Å². The zero-order chi connectivity index (χ0) is 42.2. The van der Waals surface area contributed by atoms with E-state index in [1.54, 1.807) is 0 Å². The first-order valence-electron chi connectivity index (χ1n) is 22.3. The van der Waals surface area contributed by atoms with Crippen molar-refractivity contribution in [1.82, 2.24) is 4.57 Å². The quantitative estimate of drug-likeness (QED) is 0.152. The van der Waals surface area contributed by atoms with Crippen molar-refractivity contribution in [1.29, 1.82) is 0 Å². The SMILES string of the molecule is c1ccc(-c2cccc(-c3ccccc3)c2N2c3ccccc3B3c4ccccc4C(c4ccccc4)(c4ccccc4)c4cc(-n5c6ccccc6c6ccccc65)cc2c43)cc1. The average Bonchev–Trinajstić information content (AvgIpc) is 3.71. The third-order valence-corrected chi connectivity index (χ3v) is 13.9. The Kier molecular flexibility index (Phi) is 8.26. The molecule has 0 bridgehead atoms. The molecule has 2 aliphatic rings. The van der Waals surface area contributed by atoms with Gasteiger partial charge in [-0.3, -0.25) is 0 Å². The maximum absolute atomic E-state index is 2.63. The highest BCUT2D eigenvalue weighted by Gasteiger charge is 2.52. The van der Waals surface area contributed by atoms with Crippen molar-refractivity contribution >= 4 is 62.0 Å². The molecular formula is C61H41BN2. The summed E-state index contributed by atoms with van der Waals surface area (Å²) in [7, 11) is 0. The van der Waals surface area contributed by atoms with Crippen molar-refractivity contribution in [3.8, 4) is 27.9 Å². The molecule has 0 atom stereocenters. The summed E-state index contributed by atoms with van der Waals surface area (Å²) in [6.07, 6.45) is 0. The minimum absolute atomic E-state index is 0.0227. The van der Waals surface area contributed by atoms with Crippen molar-refractivity contribution < 1.29 is 0 Å². The predicted octanol–water partition coefficient (Wildman–Crippen LogP) is 13.1. The fourth-order valence-corrected chi connectivity index (χ4v) is 11.4. The number of hydrogen-bond acceptors (Lipinski definition) is 1. The van der Waals surface area contributed by atoms with Gasteiger partial charge in [0.25, 0.3) is 0 Å². The monoisotopic (exact) mass is 812 g/mol. The van der Waals surface area contributed by atoms with E-state index in [-0.39, 0.29) is 6.71 Å². The molecule has 0 aliphatic carbocycles. The number of anilines is 3. The fourth-order valence-electron chi connectivity index (χ4n) is 11.4. The van der Waals surface area contributed by atoms with Gasteiger partial charge in [-0.2, -0.15) is 0 Å². The molecule has 64 heavy (non-hydrogen) atoms. The Morgan fingerprint density at radius 2 is 0.844 bits per heavy atom. The van der Waals surface area contributed by atoms with Crippen LogP contribution in [0, 0.1) is 0 Å². The number of rotatable bonds is 6. The van der Waals surface area contributed by atoms with E-state index in [0.717, 1.165) is 11.4 Å². The summed E-state index contributed by atoms with van der Waals surface area (Å²) >= 11 is 0. The van der Waals surface area contributed by atoms with Gasteiger partial charge in [0.1, 0.15) is 0 Å². The van der Waals surface area contributed by atoms with Crippen LogP contribution in [0.1, 0.15) is 22.3 Å². The van der Waals surface area contributed by atoms with Gasteiger partial charge < -0.3 is 9.47 Å². The summed E-state index contributed by atoms with van der Waals surface area (Å²) in [5.74, 6) is 0. The minimum Gasteiger partial charge on any atom is -0.310 e. The van der Waals surface area contributed by atoms with E-state index >= 15 is 0 Å². The van der Waals surface area contributed by atoms with Crippen LogP contribution >= 0.6 is 0 Å². The number of fused-ring (bicyclic) bond motifs is 7. The molecule has 2 nitrogen and oxygen atoms in total. The normalized spacial score (nSPS) is 13.4. The third-order valence-electron chi connectivity index (χ3n) is 13.9. The van der Waals surface area contributed by atoms with Crippen molar-refractivity contribution in [3.05, 3.63) is 271 Å². The highest BCUT2D eigenvalue weighted by atomic mass is 15.2. The smallest absolute Gasteiger partial charge is 0.247 e. The zero-order valence-electron chi connectivity index (χ0n) is 35.1. The lowest BCUT2D eigenvalue weighted by atomic mass is 9.29. The van der Waals surface area contributed by atoms with E-state index in [4.69, 9.17) is 0 Å². The van der Waals surface area contributed by atoms with E-state index < -0.39 is 5.41 Å². The topological polar surface area (TPSA) is 8.17 Å². The highest BCUT2D eigenvalue weighted by Crippen LogP contribution is 2.53. The third kappa shape index (κ3) is 5.22. The van der Waals surface area contributed by atoms with Crippen LogP contribution in [0.25, 0.3) is 49.7 Å². The molecule has 0 saturated carbocycles. The van der Waals surface area contributed by atoms with Crippen LogP contribution in [-0.2, 0) is 5.41 Å². The molecule has 0 amide bonds. The Morgan fingerprint density at radius 3 is 1.44 bits per heavy atom. The summed E-state index contributed by atoms with van der Waals surface area (Å²) in [5, 5.41) is 2.49. The molecule has 3 heterocycles. The van der Waals surface area contributed by atoms with E-state index in [1.165, 1.54) is 94.1 Å². The van der Waals surface area contributed by atoms with Gasteiger partial charge in [0, 0.05) is 39.0 Å². The number of hydrogen-bond donors (Lipinski definition) is 0. The molecule has 2 aliphatic heterocycles. The molecule has 0 N–H and O–H groups in total. The molecule has 0 unspecified atom stereocenters. The van der Waals surface area contributed by atoms with Crippen LogP contribution in [-0.4, -0.2) is 11.3 Å². The molecule has 298 valence electrons. The van der Waals surface area contributed by atoms with Gasteiger partial charge in [-0.25, -0.2) is 0 Å². The van der Waals surface area contributed by atoms with Gasteiger partial charge in [-0.05, 0) is 74.6 Å². The lowest BCUT2D eigenvalue weighted by molar-refractivity contribution is 0.750. The number of benzene rings is 10. The van der Waals surface area contributed by atoms with Gasteiger partial charge in [0.15, 0.2) is 0 Å². The van der Waals surface area contributed by atoms with Gasteiger partial charge in [0.2, 0.25) is 6.71 Å². The van der Waals surface area contributed by atoms with Gasteiger partial charge >= 0.3 is 0 Å². The lowest BCUT2D eigenvalue weighted by Crippen LogP contribution is -2.65. The Hall–Kier alpha value is -8.14. The summed E-state index contributed by atoms with van der Waals surface area (Å²) in [5.41, 5.74) is 20.1. The van der Waals surface area contributed by atoms with Crippen LogP contribution in [0.4, 0.5) is 17.1 Å². The van der Waals surface area contributed by atoms with Crippen LogP contribution < -0.4 is 21.3 Å². The molecule has 0 radical (unpaired) electrons. The van der Waals surface area contributed by atoms with Crippen LogP contribution in [0.2, 0.25) is 0 Å². The second kappa shape index (κ2) is 14.5. The Balaban J connectivity index is 1.26. The van der Waals surface area contributed by atoms with Gasteiger partial charge in [-0.15, -0.1) is 0 Å². The second-order valence-corrected chi connectivity index (χ2v) is 17.1. The van der Waals surface area contributed by atoms with Crippen molar-refractivity contribution in [2.45, 2.75) is 5.41 Å². The Morgan fingerprint density at radius 1 is 0.359 bits per heavy atom. The van der Waals surface area contributed by atoms with Gasteiger partial charge in [-0.1, -0.05) is 224 Å².